The van der Waals surface area contributed by atoms with Gasteiger partial charge in [0.2, 0.25) is 23.6 Å². The molecule has 1 saturated carbocycles. The lowest BCUT2D eigenvalue weighted by Crippen LogP contribution is -2.43. The van der Waals surface area contributed by atoms with Gasteiger partial charge in [0.05, 0.1) is 49.3 Å². The molecule has 0 spiro atoms. The molecule has 2 heterocycles. The minimum Gasteiger partial charge on any atom is -0.508 e. The maximum absolute atomic E-state index is 14.8. The molecule has 2 saturated heterocycles. The van der Waals surface area contributed by atoms with E-state index in [4.69, 9.17) is 9.47 Å². The Labute approximate surface area is 339 Å². The fourth-order valence-corrected chi connectivity index (χ4v) is 9.69. The van der Waals surface area contributed by atoms with Crippen LogP contribution in [-0.2, 0) is 19.2 Å². The molecule has 4 aliphatic rings. The SMILES string of the molecule is COc1cc(O)cc(OC)c1C1C2=CCC3C(=O)N(c4ccc(C(=O)c5ccccc5)cc4)C(=O)C3C2CC2C(=O)N(c3ccc(C(=O)c4ccccc4)cc3)C(=O)C21. The van der Waals surface area contributed by atoms with Gasteiger partial charge in [-0.05, 0) is 67.3 Å². The third-order valence-corrected chi connectivity index (χ3v) is 12.3. The van der Waals surface area contributed by atoms with Gasteiger partial charge in [-0.15, -0.1) is 0 Å². The molecular formula is C48H38N2O9. The second kappa shape index (κ2) is 14.7. The Bertz CT molecular complexity index is 2560. The normalized spacial score (nSPS) is 23.3. The highest BCUT2D eigenvalue weighted by Gasteiger charge is 2.63. The van der Waals surface area contributed by atoms with Crippen molar-refractivity contribution in [2.75, 3.05) is 24.0 Å². The molecule has 59 heavy (non-hydrogen) atoms. The summed E-state index contributed by atoms with van der Waals surface area (Å²) in [6.07, 6.45) is 2.25. The Morgan fingerprint density at radius 3 is 1.47 bits per heavy atom. The Morgan fingerprint density at radius 2 is 1.00 bits per heavy atom. The van der Waals surface area contributed by atoms with Crippen LogP contribution in [0.4, 0.5) is 11.4 Å². The van der Waals surface area contributed by atoms with Crippen molar-refractivity contribution in [3.8, 4) is 17.2 Å². The number of carbonyl (C=O) groups is 6. The number of phenols is 1. The predicted octanol–water partition coefficient (Wildman–Crippen LogP) is 6.92. The van der Waals surface area contributed by atoms with Crippen molar-refractivity contribution in [1.82, 2.24) is 0 Å². The molecule has 2 aliphatic heterocycles. The summed E-state index contributed by atoms with van der Waals surface area (Å²) >= 11 is 0. The molecular weight excluding hydrogens is 749 g/mol. The average Bonchev–Trinajstić information content (AvgIpc) is 3.68. The van der Waals surface area contributed by atoms with Gasteiger partial charge in [-0.3, -0.25) is 38.6 Å². The third kappa shape index (κ3) is 6.03. The van der Waals surface area contributed by atoms with Gasteiger partial charge in [-0.2, -0.15) is 0 Å². The molecule has 9 rings (SSSR count). The number of anilines is 2. The molecule has 0 radical (unpaired) electrons. The molecule has 3 fully saturated rings. The molecule has 0 bridgehead atoms. The van der Waals surface area contributed by atoms with Crippen molar-refractivity contribution in [2.24, 2.45) is 29.6 Å². The van der Waals surface area contributed by atoms with Crippen molar-refractivity contribution < 1.29 is 43.3 Å². The highest BCUT2D eigenvalue weighted by Crippen LogP contribution is 2.61. The highest BCUT2D eigenvalue weighted by molar-refractivity contribution is 6.24. The first-order chi connectivity index (χ1) is 28.6. The maximum atomic E-state index is 14.8. The molecule has 5 aromatic rings. The van der Waals surface area contributed by atoms with Crippen LogP contribution >= 0.6 is 0 Å². The second-order valence-electron chi connectivity index (χ2n) is 15.3. The zero-order valence-electron chi connectivity index (χ0n) is 32.1. The van der Waals surface area contributed by atoms with Gasteiger partial charge in [-0.25, -0.2) is 0 Å². The van der Waals surface area contributed by atoms with Crippen molar-refractivity contribution in [2.45, 2.75) is 18.8 Å². The molecule has 2 aliphatic carbocycles. The van der Waals surface area contributed by atoms with Crippen molar-refractivity contribution in [1.29, 1.82) is 0 Å². The van der Waals surface area contributed by atoms with Crippen LogP contribution in [0, 0.1) is 29.6 Å². The van der Waals surface area contributed by atoms with Crippen molar-refractivity contribution >= 4 is 46.6 Å². The van der Waals surface area contributed by atoms with Gasteiger partial charge in [0.25, 0.3) is 0 Å². The highest BCUT2D eigenvalue weighted by atomic mass is 16.5. The number of imide groups is 2. The predicted molar refractivity (Wildman–Crippen MR) is 216 cm³/mol. The van der Waals surface area contributed by atoms with Crippen molar-refractivity contribution in [3.05, 3.63) is 161 Å². The number of ketones is 2. The summed E-state index contributed by atoms with van der Waals surface area (Å²) in [4.78, 5) is 86.9. The lowest BCUT2D eigenvalue weighted by atomic mass is 9.57. The molecule has 6 atom stereocenters. The van der Waals surface area contributed by atoms with E-state index in [1.165, 1.54) is 31.3 Å². The monoisotopic (exact) mass is 786 g/mol. The van der Waals surface area contributed by atoms with E-state index in [0.717, 1.165) is 4.90 Å². The number of aromatic hydroxyl groups is 1. The minimum atomic E-state index is -0.947. The summed E-state index contributed by atoms with van der Waals surface area (Å²) in [7, 11) is 2.87. The lowest BCUT2D eigenvalue weighted by molar-refractivity contribution is -0.126. The van der Waals surface area contributed by atoms with Crippen LogP contribution in [0.3, 0.4) is 0 Å². The van der Waals surface area contributed by atoms with Crippen LogP contribution < -0.4 is 19.3 Å². The number of carbonyl (C=O) groups excluding carboxylic acids is 6. The molecule has 11 heteroatoms. The first kappa shape index (κ1) is 37.4. The Balaban J connectivity index is 1.09. The number of amides is 4. The van der Waals surface area contributed by atoms with E-state index in [1.54, 1.807) is 97.1 Å². The Hall–Kier alpha value is -7.14. The molecule has 11 nitrogen and oxygen atoms in total. The van der Waals surface area contributed by atoms with Crippen LogP contribution in [0.15, 0.2) is 133 Å². The second-order valence-corrected chi connectivity index (χ2v) is 15.3. The van der Waals surface area contributed by atoms with Gasteiger partial charge in [-0.1, -0.05) is 72.3 Å². The molecule has 5 aromatic carbocycles. The number of nitrogens with zero attached hydrogens (tertiary/aromatic N) is 2. The number of benzene rings is 5. The number of ether oxygens (including phenoxy) is 2. The van der Waals surface area contributed by atoms with E-state index >= 15 is 0 Å². The smallest absolute Gasteiger partial charge is 0.238 e. The van der Waals surface area contributed by atoms with Crippen LogP contribution in [0.2, 0.25) is 0 Å². The average molecular weight is 787 g/mol. The number of phenolic OH excluding ortho intramolecular Hbond substituents is 1. The molecule has 4 amide bonds. The molecule has 294 valence electrons. The summed E-state index contributed by atoms with van der Waals surface area (Å²) in [5, 5.41) is 10.6. The van der Waals surface area contributed by atoms with Crippen LogP contribution in [0.1, 0.15) is 56.2 Å². The first-order valence-electron chi connectivity index (χ1n) is 19.4. The standard InChI is InChI=1S/C48H38N2O9/c1-58-37-23-32(51)24-38(59-2)42(37)40-33-21-22-34-39(47(56)49(45(34)54)30-17-13-28(14-18-30)43(52)26-9-5-3-6-10-26)35(33)25-36-41(40)48(57)50(46(36)55)31-19-15-29(16-20-31)44(53)27-11-7-4-8-12-27/h3-21,23-24,34-36,39-41,51H,22,25H2,1-2H3. The van der Waals surface area contributed by atoms with Crippen LogP contribution in [-0.4, -0.2) is 54.5 Å². The number of rotatable bonds is 9. The quantitative estimate of drug-likeness (QED) is 0.0956. The molecule has 1 N–H and O–H groups in total. The number of hydrogen-bond acceptors (Lipinski definition) is 9. The number of hydrogen-bond donors (Lipinski definition) is 1. The van der Waals surface area contributed by atoms with Crippen molar-refractivity contribution in [3.63, 3.8) is 0 Å². The lowest BCUT2D eigenvalue weighted by Gasteiger charge is -2.44. The van der Waals surface area contributed by atoms with Gasteiger partial charge in [0, 0.05) is 45.9 Å². The summed E-state index contributed by atoms with van der Waals surface area (Å²) in [5.74, 6) is -6.65. The third-order valence-electron chi connectivity index (χ3n) is 12.3. The summed E-state index contributed by atoms with van der Waals surface area (Å²) in [6, 6.07) is 33.2. The summed E-state index contributed by atoms with van der Waals surface area (Å²) < 4.78 is 11.6. The van der Waals surface area contributed by atoms with E-state index in [2.05, 4.69) is 0 Å². The van der Waals surface area contributed by atoms with E-state index in [0.29, 0.717) is 44.8 Å². The first-order valence-corrected chi connectivity index (χ1v) is 19.4. The van der Waals surface area contributed by atoms with Crippen LogP contribution in [0.25, 0.3) is 0 Å². The zero-order chi connectivity index (χ0) is 41.1. The van der Waals surface area contributed by atoms with Gasteiger partial charge in [0.1, 0.15) is 17.2 Å². The number of fused-ring (bicyclic) bond motifs is 4. The zero-order valence-corrected chi connectivity index (χ0v) is 32.1. The number of methoxy groups -OCH3 is 2. The van der Waals surface area contributed by atoms with Gasteiger partial charge in [0.15, 0.2) is 11.6 Å². The molecule has 0 aromatic heterocycles. The minimum absolute atomic E-state index is 0.125. The topological polar surface area (TPSA) is 148 Å². The number of allylic oxidation sites excluding steroid dienone is 2. The van der Waals surface area contributed by atoms with E-state index in [-0.39, 0.29) is 47.6 Å². The fraction of sp³-hybridized carbons (Fsp3) is 0.208. The largest absolute Gasteiger partial charge is 0.508 e. The van der Waals surface area contributed by atoms with E-state index in [1.807, 2.05) is 18.2 Å². The van der Waals surface area contributed by atoms with E-state index < -0.39 is 53.2 Å². The summed E-state index contributed by atoms with van der Waals surface area (Å²) in [6.45, 7) is 0. The molecule has 6 unspecified atom stereocenters. The van der Waals surface area contributed by atoms with Gasteiger partial charge >= 0.3 is 0 Å². The fourth-order valence-electron chi connectivity index (χ4n) is 9.69. The Morgan fingerprint density at radius 1 is 0.559 bits per heavy atom. The van der Waals surface area contributed by atoms with Gasteiger partial charge < -0.3 is 14.6 Å². The summed E-state index contributed by atoms with van der Waals surface area (Å²) in [5.41, 5.74) is 3.60. The van der Waals surface area contributed by atoms with E-state index in [9.17, 15) is 33.9 Å². The Kier molecular flexibility index (Phi) is 9.30. The van der Waals surface area contributed by atoms with Crippen LogP contribution in [0.5, 0.6) is 17.2 Å². The maximum Gasteiger partial charge on any atom is 0.238 e.